The van der Waals surface area contributed by atoms with Crippen LogP contribution in [-0.2, 0) is 11.2 Å². The van der Waals surface area contributed by atoms with Crippen LogP contribution in [-0.4, -0.2) is 39.5 Å². The van der Waals surface area contributed by atoms with Gasteiger partial charge in [-0.3, -0.25) is 4.79 Å². The third kappa shape index (κ3) is 4.73. The molecule has 0 aromatic heterocycles. The molecule has 0 atom stereocenters. The zero-order valence-electron chi connectivity index (χ0n) is 15.4. The zero-order valence-corrected chi connectivity index (χ0v) is 15.4. The highest BCUT2D eigenvalue weighted by Crippen LogP contribution is 2.42. The molecule has 9 heteroatoms. The Balaban J connectivity index is 1.44. The highest BCUT2D eigenvalue weighted by molar-refractivity contribution is 5.80. The number of fused-ring (bicyclic) bond motifs is 1. The predicted molar refractivity (Wildman–Crippen MR) is 97.4 cm³/mol. The molecule has 2 N–H and O–H groups in total. The summed E-state index contributed by atoms with van der Waals surface area (Å²) in [6.45, 7) is 0.422. The Labute approximate surface area is 160 Å². The molecule has 0 radical (unpaired) electrons. The maximum atomic E-state index is 13.0. The van der Waals surface area contributed by atoms with Crippen LogP contribution in [0.3, 0.4) is 0 Å². The number of amides is 1. The molecule has 0 saturated heterocycles. The average molecular weight is 394 g/mol. The van der Waals surface area contributed by atoms with Crippen molar-refractivity contribution in [3.63, 3.8) is 0 Å². The Kier molecular flexibility index (Phi) is 5.72. The first-order valence-electron chi connectivity index (χ1n) is 8.51. The van der Waals surface area contributed by atoms with Gasteiger partial charge in [0.2, 0.25) is 5.91 Å². The topological polar surface area (TPSA) is 78.1 Å². The Morgan fingerprint density at radius 3 is 2.54 bits per heavy atom. The number of ether oxygens (including phenoxy) is 4. The number of carbonyl (C=O) groups excluding carboxylic acids is 1. The van der Waals surface area contributed by atoms with Crippen molar-refractivity contribution >= 4 is 11.6 Å². The first-order chi connectivity index (χ1) is 13.4. The van der Waals surface area contributed by atoms with Crippen molar-refractivity contribution in [2.24, 2.45) is 0 Å². The van der Waals surface area contributed by atoms with Crippen molar-refractivity contribution in [3.05, 3.63) is 42.0 Å². The van der Waals surface area contributed by atoms with Gasteiger partial charge < -0.3 is 29.6 Å². The van der Waals surface area contributed by atoms with E-state index in [2.05, 4.69) is 20.1 Å². The van der Waals surface area contributed by atoms with E-state index in [1.807, 2.05) is 12.1 Å². The second-order valence-electron chi connectivity index (χ2n) is 5.97. The molecule has 0 bridgehead atoms. The van der Waals surface area contributed by atoms with Crippen molar-refractivity contribution in [3.8, 4) is 23.0 Å². The third-order valence-corrected chi connectivity index (χ3v) is 4.04. The van der Waals surface area contributed by atoms with Crippen LogP contribution in [0.1, 0.15) is 5.56 Å². The average Bonchev–Trinajstić information content (AvgIpc) is 2.99. The van der Waals surface area contributed by atoms with Crippen molar-refractivity contribution in [1.29, 1.82) is 0 Å². The van der Waals surface area contributed by atoms with Gasteiger partial charge in [-0.25, -0.2) is 0 Å². The number of hydrogen-bond acceptors (Lipinski definition) is 6. The van der Waals surface area contributed by atoms with E-state index in [1.54, 1.807) is 20.3 Å². The molecule has 1 heterocycles. The summed E-state index contributed by atoms with van der Waals surface area (Å²) in [4.78, 5) is 12.0. The van der Waals surface area contributed by atoms with Crippen LogP contribution >= 0.6 is 0 Å². The van der Waals surface area contributed by atoms with Crippen molar-refractivity contribution in [1.82, 2.24) is 5.32 Å². The fraction of sp³-hybridized carbons (Fsp3) is 0.316. The van der Waals surface area contributed by atoms with Gasteiger partial charge in [-0.15, -0.1) is 8.78 Å². The normalized spacial score (nSPS) is 13.7. The van der Waals surface area contributed by atoms with Gasteiger partial charge in [0, 0.05) is 18.3 Å². The van der Waals surface area contributed by atoms with E-state index in [4.69, 9.17) is 9.47 Å². The summed E-state index contributed by atoms with van der Waals surface area (Å²) in [5.74, 6) is 0.907. The number of benzene rings is 2. The van der Waals surface area contributed by atoms with Crippen LogP contribution in [0, 0.1) is 0 Å². The van der Waals surface area contributed by atoms with E-state index in [0.29, 0.717) is 30.2 Å². The molecule has 0 unspecified atom stereocenters. The summed E-state index contributed by atoms with van der Waals surface area (Å²) in [6, 6.07) is 9.79. The number of hydrogen-bond donors (Lipinski definition) is 2. The Morgan fingerprint density at radius 1 is 1.04 bits per heavy atom. The van der Waals surface area contributed by atoms with Gasteiger partial charge >= 0.3 is 6.29 Å². The van der Waals surface area contributed by atoms with Crippen molar-refractivity contribution in [2.75, 3.05) is 32.6 Å². The lowest BCUT2D eigenvalue weighted by atomic mass is 10.1. The molecule has 1 aliphatic heterocycles. The molecule has 0 spiro atoms. The van der Waals surface area contributed by atoms with Gasteiger partial charge in [0.25, 0.3) is 0 Å². The quantitative estimate of drug-likeness (QED) is 0.717. The molecule has 0 fully saturated rings. The summed E-state index contributed by atoms with van der Waals surface area (Å²) in [5, 5.41) is 5.64. The zero-order chi connectivity index (χ0) is 20.1. The van der Waals surface area contributed by atoms with Crippen LogP contribution in [0.15, 0.2) is 36.4 Å². The number of halogens is 2. The maximum Gasteiger partial charge on any atom is 0.586 e. The van der Waals surface area contributed by atoms with Crippen molar-refractivity contribution in [2.45, 2.75) is 12.7 Å². The van der Waals surface area contributed by atoms with E-state index in [-0.39, 0.29) is 24.0 Å². The summed E-state index contributed by atoms with van der Waals surface area (Å²) in [7, 11) is 3.13. The van der Waals surface area contributed by atoms with Crippen molar-refractivity contribution < 1.29 is 32.5 Å². The number of rotatable bonds is 8. The minimum Gasteiger partial charge on any atom is -0.493 e. The van der Waals surface area contributed by atoms with E-state index >= 15 is 0 Å². The fourth-order valence-electron chi connectivity index (χ4n) is 2.69. The van der Waals surface area contributed by atoms with Gasteiger partial charge in [-0.05, 0) is 36.2 Å². The first kappa shape index (κ1) is 19.5. The summed E-state index contributed by atoms with van der Waals surface area (Å²) >= 11 is 0. The third-order valence-electron chi connectivity index (χ3n) is 4.04. The minimum absolute atomic E-state index is 0.0119. The van der Waals surface area contributed by atoms with Crippen LogP contribution in [0.2, 0.25) is 0 Å². The smallest absolute Gasteiger partial charge is 0.493 e. The molecular formula is C19H20F2N2O5. The van der Waals surface area contributed by atoms with E-state index in [0.717, 1.165) is 5.56 Å². The maximum absolute atomic E-state index is 13.0. The molecule has 0 saturated carbocycles. The van der Waals surface area contributed by atoms with Crippen LogP contribution in [0.4, 0.5) is 14.5 Å². The highest BCUT2D eigenvalue weighted by Gasteiger charge is 2.43. The summed E-state index contributed by atoms with van der Waals surface area (Å²) in [5.41, 5.74) is 1.46. The highest BCUT2D eigenvalue weighted by atomic mass is 19.3. The SMILES string of the molecule is COc1ccc(CCNC(=O)CNc2ccc3c(c2)OC(F)(F)O3)cc1OC. The second kappa shape index (κ2) is 8.20. The molecule has 1 aliphatic rings. The largest absolute Gasteiger partial charge is 0.586 e. The van der Waals surface area contributed by atoms with Crippen LogP contribution < -0.4 is 29.6 Å². The van der Waals surface area contributed by atoms with E-state index in [1.165, 1.54) is 18.2 Å². The van der Waals surface area contributed by atoms with Gasteiger partial charge in [-0.1, -0.05) is 6.07 Å². The standard InChI is InChI=1S/C19H20F2N2O5/c1-25-14-5-3-12(9-16(14)26-2)7-8-22-18(24)11-23-13-4-6-15-17(10-13)28-19(20,21)27-15/h3-6,9-10,23H,7-8,11H2,1-2H3,(H,22,24). The van der Waals surface area contributed by atoms with Crippen LogP contribution in [0.25, 0.3) is 0 Å². The molecule has 2 aromatic carbocycles. The predicted octanol–water partition coefficient (Wildman–Crippen LogP) is 2.80. The minimum atomic E-state index is -3.66. The number of methoxy groups -OCH3 is 2. The molecule has 0 aliphatic carbocycles. The molecular weight excluding hydrogens is 374 g/mol. The fourth-order valence-corrected chi connectivity index (χ4v) is 2.69. The lowest BCUT2D eigenvalue weighted by Crippen LogP contribution is -2.31. The van der Waals surface area contributed by atoms with E-state index < -0.39 is 6.29 Å². The monoisotopic (exact) mass is 394 g/mol. The van der Waals surface area contributed by atoms with Gasteiger partial charge in [-0.2, -0.15) is 0 Å². The molecule has 1 amide bonds. The van der Waals surface area contributed by atoms with Crippen LogP contribution in [0.5, 0.6) is 23.0 Å². The molecule has 7 nitrogen and oxygen atoms in total. The second-order valence-corrected chi connectivity index (χ2v) is 5.97. The van der Waals surface area contributed by atoms with Gasteiger partial charge in [0.05, 0.1) is 20.8 Å². The number of alkyl halides is 2. The Hall–Kier alpha value is -3.23. The first-order valence-corrected chi connectivity index (χ1v) is 8.51. The lowest BCUT2D eigenvalue weighted by Gasteiger charge is -2.11. The molecule has 28 heavy (non-hydrogen) atoms. The van der Waals surface area contributed by atoms with E-state index in [9.17, 15) is 13.6 Å². The van der Waals surface area contributed by atoms with Gasteiger partial charge in [0.1, 0.15) is 0 Å². The Bertz CT molecular complexity index is 860. The number of carbonyl (C=O) groups is 1. The lowest BCUT2D eigenvalue weighted by molar-refractivity contribution is -0.286. The number of anilines is 1. The van der Waals surface area contributed by atoms with Gasteiger partial charge in [0.15, 0.2) is 23.0 Å². The summed E-state index contributed by atoms with van der Waals surface area (Å²) < 4.78 is 45.1. The summed E-state index contributed by atoms with van der Waals surface area (Å²) in [6.07, 6.45) is -3.05. The molecule has 3 rings (SSSR count). The molecule has 150 valence electrons. The number of nitrogens with one attached hydrogen (secondary N) is 2. The molecule has 2 aromatic rings. The Morgan fingerprint density at radius 2 is 1.79 bits per heavy atom.